The van der Waals surface area contributed by atoms with E-state index in [0.29, 0.717) is 0 Å². The SMILES string of the molecule is c1ccc(-c2ccc(N(c3ccc(-c4ccc5sc6cc7nc(-c8ccccc8)sc7cc6c5c4)cc3)c3cc(-c4ccccc4)cc4ccccc34)cc2)cc1. The lowest BCUT2D eigenvalue weighted by Gasteiger charge is -2.28. The van der Waals surface area contributed by atoms with Crippen LogP contribution in [0.5, 0.6) is 0 Å². The maximum atomic E-state index is 5.01. The summed E-state index contributed by atoms with van der Waals surface area (Å²) < 4.78 is 3.78. The summed E-state index contributed by atoms with van der Waals surface area (Å²) in [5.41, 5.74) is 12.8. The molecule has 2 aromatic heterocycles. The van der Waals surface area contributed by atoms with Crippen molar-refractivity contribution in [2.24, 2.45) is 0 Å². The van der Waals surface area contributed by atoms with Gasteiger partial charge >= 0.3 is 0 Å². The second kappa shape index (κ2) is 14.0. The van der Waals surface area contributed by atoms with Gasteiger partial charge in [-0.15, -0.1) is 22.7 Å². The Balaban J connectivity index is 1.01. The number of anilines is 3. The molecule has 0 saturated heterocycles. The van der Waals surface area contributed by atoms with Gasteiger partial charge in [-0.25, -0.2) is 4.98 Å². The zero-order chi connectivity index (χ0) is 37.7. The summed E-state index contributed by atoms with van der Waals surface area (Å²) in [6.07, 6.45) is 0. The molecule has 4 heteroatoms. The maximum Gasteiger partial charge on any atom is 0.124 e. The van der Waals surface area contributed by atoms with Crippen LogP contribution in [0.2, 0.25) is 0 Å². The van der Waals surface area contributed by atoms with Gasteiger partial charge in [0, 0.05) is 42.5 Å². The van der Waals surface area contributed by atoms with E-state index in [1.807, 2.05) is 11.3 Å². The van der Waals surface area contributed by atoms with Crippen molar-refractivity contribution >= 4 is 80.9 Å². The minimum Gasteiger partial charge on any atom is -0.310 e. The number of thiophene rings is 1. The molecular weight excluding hydrogens is 729 g/mol. The van der Waals surface area contributed by atoms with Gasteiger partial charge in [0.05, 0.1) is 15.9 Å². The van der Waals surface area contributed by atoms with Crippen LogP contribution in [0.15, 0.2) is 206 Å². The fraction of sp³-hybridized carbons (Fsp3) is 0. The Hall–Kier alpha value is -6.85. The molecule has 9 aromatic carbocycles. The highest BCUT2D eigenvalue weighted by Gasteiger charge is 2.18. The minimum absolute atomic E-state index is 1.06. The van der Waals surface area contributed by atoms with Crippen LogP contribution >= 0.6 is 22.7 Å². The quantitative estimate of drug-likeness (QED) is 0.161. The van der Waals surface area contributed by atoms with Crippen LogP contribution in [0.1, 0.15) is 0 Å². The predicted molar refractivity (Wildman–Crippen MR) is 246 cm³/mol. The lowest BCUT2D eigenvalue weighted by Crippen LogP contribution is -2.10. The molecule has 0 saturated carbocycles. The van der Waals surface area contributed by atoms with Crippen LogP contribution in [0.4, 0.5) is 17.1 Å². The largest absolute Gasteiger partial charge is 0.310 e. The Bertz CT molecular complexity index is 3200. The molecule has 0 unspecified atom stereocenters. The van der Waals surface area contributed by atoms with E-state index < -0.39 is 0 Å². The van der Waals surface area contributed by atoms with E-state index in [1.165, 1.54) is 69.0 Å². The van der Waals surface area contributed by atoms with Crippen molar-refractivity contribution in [1.82, 2.24) is 4.98 Å². The monoisotopic (exact) mass is 762 g/mol. The van der Waals surface area contributed by atoms with Crippen molar-refractivity contribution in [3.63, 3.8) is 0 Å². The zero-order valence-corrected chi connectivity index (χ0v) is 32.5. The van der Waals surface area contributed by atoms with Gasteiger partial charge in [0.25, 0.3) is 0 Å². The van der Waals surface area contributed by atoms with E-state index >= 15 is 0 Å². The third kappa shape index (κ3) is 6.16. The molecule has 0 aliphatic heterocycles. The first-order valence-corrected chi connectivity index (χ1v) is 20.8. The normalized spacial score (nSPS) is 11.5. The van der Waals surface area contributed by atoms with E-state index in [4.69, 9.17) is 4.98 Å². The second-order valence-electron chi connectivity index (χ2n) is 14.4. The summed E-state index contributed by atoms with van der Waals surface area (Å²) in [6, 6.07) is 74.7. The molecule has 2 nitrogen and oxygen atoms in total. The average Bonchev–Trinajstić information content (AvgIpc) is 3.87. The summed E-state index contributed by atoms with van der Waals surface area (Å²) in [5.74, 6) is 0. The molecule has 0 aliphatic carbocycles. The van der Waals surface area contributed by atoms with Crippen LogP contribution in [0.3, 0.4) is 0 Å². The van der Waals surface area contributed by atoms with Gasteiger partial charge in [-0.05, 0) is 99.4 Å². The number of hydrogen-bond acceptors (Lipinski definition) is 4. The number of hydrogen-bond donors (Lipinski definition) is 0. The number of aromatic nitrogens is 1. The molecule has 0 aliphatic rings. The van der Waals surface area contributed by atoms with Crippen molar-refractivity contribution in [2.45, 2.75) is 0 Å². The Labute approximate surface area is 339 Å². The third-order valence-electron chi connectivity index (χ3n) is 10.9. The minimum atomic E-state index is 1.06. The van der Waals surface area contributed by atoms with Crippen LogP contribution in [-0.2, 0) is 0 Å². The molecule has 0 atom stereocenters. The van der Waals surface area contributed by atoms with Gasteiger partial charge in [-0.2, -0.15) is 0 Å². The topological polar surface area (TPSA) is 16.1 Å². The van der Waals surface area contributed by atoms with Gasteiger partial charge in [-0.1, -0.05) is 146 Å². The molecule has 57 heavy (non-hydrogen) atoms. The Kier molecular flexibility index (Phi) is 8.24. The van der Waals surface area contributed by atoms with Crippen molar-refractivity contribution in [3.05, 3.63) is 206 Å². The van der Waals surface area contributed by atoms with Gasteiger partial charge in [0.2, 0.25) is 0 Å². The van der Waals surface area contributed by atoms with Gasteiger partial charge in [-0.3, -0.25) is 0 Å². The summed E-state index contributed by atoms with van der Waals surface area (Å²) in [5, 5.41) is 6.06. The smallest absolute Gasteiger partial charge is 0.124 e. The Morgan fingerprint density at radius 2 is 0.877 bits per heavy atom. The van der Waals surface area contributed by atoms with E-state index in [1.54, 1.807) is 11.3 Å². The summed E-state index contributed by atoms with van der Waals surface area (Å²) in [6.45, 7) is 0. The summed E-state index contributed by atoms with van der Waals surface area (Å²) >= 11 is 3.61. The molecule has 0 radical (unpaired) electrons. The van der Waals surface area contributed by atoms with E-state index in [0.717, 1.165) is 33.1 Å². The molecule has 0 fully saturated rings. The molecule has 0 N–H and O–H groups in total. The molecule has 268 valence electrons. The number of rotatable bonds is 7. The van der Waals surface area contributed by atoms with Crippen LogP contribution in [0.25, 0.3) is 85.1 Å². The lowest BCUT2D eigenvalue weighted by molar-refractivity contribution is 1.30. The predicted octanol–water partition coefficient (Wildman–Crippen LogP) is 16.0. The molecule has 0 spiro atoms. The van der Waals surface area contributed by atoms with Gasteiger partial charge in [0.15, 0.2) is 0 Å². The van der Waals surface area contributed by atoms with Crippen LogP contribution in [-0.4, -0.2) is 4.98 Å². The van der Waals surface area contributed by atoms with Crippen molar-refractivity contribution in [3.8, 4) is 44.0 Å². The van der Waals surface area contributed by atoms with Crippen molar-refractivity contribution in [2.75, 3.05) is 4.90 Å². The molecule has 11 rings (SSSR count). The number of benzene rings is 9. The van der Waals surface area contributed by atoms with E-state index in [-0.39, 0.29) is 0 Å². The highest BCUT2D eigenvalue weighted by atomic mass is 32.1. The lowest BCUT2D eigenvalue weighted by atomic mass is 9.98. The zero-order valence-electron chi connectivity index (χ0n) is 30.8. The first-order chi connectivity index (χ1) is 28.2. The third-order valence-corrected chi connectivity index (χ3v) is 13.1. The fourth-order valence-corrected chi connectivity index (χ4v) is 10.1. The fourth-order valence-electron chi connectivity index (χ4n) is 8.02. The van der Waals surface area contributed by atoms with E-state index in [9.17, 15) is 0 Å². The number of fused-ring (bicyclic) bond motifs is 5. The maximum absolute atomic E-state index is 5.01. The van der Waals surface area contributed by atoms with Gasteiger partial charge in [0.1, 0.15) is 5.01 Å². The highest BCUT2D eigenvalue weighted by Crippen LogP contribution is 2.44. The first-order valence-electron chi connectivity index (χ1n) is 19.2. The average molecular weight is 763 g/mol. The molecule has 2 heterocycles. The molecule has 0 amide bonds. The van der Waals surface area contributed by atoms with Crippen molar-refractivity contribution < 1.29 is 0 Å². The van der Waals surface area contributed by atoms with Crippen LogP contribution in [0, 0.1) is 0 Å². The van der Waals surface area contributed by atoms with Crippen LogP contribution < -0.4 is 4.90 Å². The number of nitrogens with zero attached hydrogens (tertiary/aromatic N) is 2. The molecular formula is C53H34N2S2. The standard InChI is InChI=1S/C53H34N2S2/c1-4-12-35(13-5-1)37-20-25-43(26-21-37)55(49-32-42(36-14-6-2-7-15-36)30-41-18-10-11-19-45(41)49)44-27-22-38(23-28-44)40-24-29-50-46(31-40)47-33-52-48(34-51(47)56-50)54-53(57-52)39-16-8-3-9-17-39/h1-34H. The molecule has 11 aromatic rings. The first kappa shape index (κ1) is 33.5. The summed E-state index contributed by atoms with van der Waals surface area (Å²) in [7, 11) is 0. The Morgan fingerprint density at radius 1 is 0.333 bits per heavy atom. The number of thiazole rings is 1. The van der Waals surface area contributed by atoms with Gasteiger partial charge < -0.3 is 4.90 Å². The second-order valence-corrected chi connectivity index (χ2v) is 16.5. The molecule has 0 bridgehead atoms. The summed E-state index contributed by atoms with van der Waals surface area (Å²) in [4.78, 5) is 7.42. The van der Waals surface area contributed by atoms with Crippen molar-refractivity contribution in [1.29, 1.82) is 0 Å². The highest BCUT2D eigenvalue weighted by molar-refractivity contribution is 7.26. The Morgan fingerprint density at radius 3 is 1.56 bits per heavy atom. The van der Waals surface area contributed by atoms with E-state index in [2.05, 4.69) is 211 Å².